The maximum atomic E-state index is 3.69. The Labute approximate surface area is 102 Å². The van der Waals surface area contributed by atoms with Gasteiger partial charge in [-0.2, -0.15) is 0 Å². The molecule has 1 aromatic heterocycles. The van der Waals surface area contributed by atoms with Crippen molar-refractivity contribution >= 4 is 10.9 Å². The van der Waals surface area contributed by atoms with E-state index in [1.807, 2.05) is 6.20 Å². The number of H-pyrrole nitrogens is 1. The minimum Gasteiger partial charge on any atom is -0.361 e. The first-order chi connectivity index (χ1) is 8.33. The van der Waals surface area contributed by atoms with Crippen molar-refractivity contribution in [2.45, 2.75) is 38.8 Å². The first kappa shape index (κ1) is 10.8. The fourth-order valence-corrected chi connectivity index (χ4v) is 2.91. The summed E-state index contributed by atoms with van der Waals surface area (Å²) in [5.74, 6) is 0.839. The van der Waals surface area contributed by atoms with Crippen molar-refractivity contribution in [2.75, 3.05) is 0 Å². The van der Waals surface area contributed by atoms with E-state index in [9.17, 15) is 0 Å². The van der Waals surface area contributed by atoms with Crippen LogP contribution in [0, 0.1) is 5.92 Å². The number of nitrogens with one attached hydrogen (secondary N) is 2. The van der Waals surface area contributed by atoms with Crippen molar-refractivity contribution in [3.8, 4) is 0 Å². The van der Waals surface area contributed by atoms with Crippen LogP contribution in [0.2, 0.25) is 0 Å². The second-order valence-electron chi connectivity index (χ2n) is 5.29. The highest BCUT2D eigenvalue weighted by Crippen LogP contribution is 2.25. The van der Waals surface area contributed by atoms with Crippen molar-refractivity contribution in [1.82, 2.24) is 10.3 Å². The van der Waals surface area contributed by atoms with E-state index in [-0.39, 0.29) is 0 Å². The van der Waals surface area contributed by atoms with E-state index in [2.05, 4.69) is 41.5 Å². The van der Waals surface area contributed by atoms with Gasteiger partial charge in [0, 0.05) is 24.3 Å². The van der Waals surface area contributed by atoms with Crippen LogP contribution in [-0.2, 0) is 6.54 Å². The lowest BCUT2D eigenvalue weighted by atomic mass is 10.1. The summed E-state index contributed by atoms with van der Waals surface area (Å²) in [5.41, 5.74) is 2.61. The van der Waals surface area contributed by atoms with Crippen LogP contribution in [0.15, 0.2) is 30.5 Å². The Balaban J connectivity index is 1.67. The highest BCUT2D eigenvalue weighted by Gasteiger charge is 2.22. The molecule has 1 aliphatic rings. The molecule has 0 saturated heterocycles. The lowest BCUT2D eigenvalue weighted by molar-refractivity contribution is 0.426. The average Bonchev–Trinajstić information content (AvgIpc) is 2.94. The number of aromatic nitrogens is 1. The third-order valence-corrected chi connectivity index (χ3v) is 4.05. The minimum atomic E-state index is 0.719. The van der Waals surface area contributed by atoms with E-state index in [0.29, 0.717) is 0 Å². The van der Waals surface area contributed by atoms with Gasteiger partial charge in [-0.3, -0.25) is 0 Å². The molecule has 2 aromatic rings. The molecule has 1 saturated carbocycles. The van der Waals surface area contributed by atoms with Crippen molar-refractivity contribution in [3.63, 3.8) is 0 Å². The molecular formula is C15H20N2. The Bertz CT molecular complexity index is 500. The largest absolute Gasteiger partial charge is 0.361 e. The number of fused-ring (bicyclic) bond motifs is 1. The van der Waals surface area contributed by atoms with E-state index < -0.39 is 0 Å². The lowest BCUT2D eigenvalue weighted by Gasteiger charge is -2.17. The zero-order chi connectivity index (χ0) is 11.7. The second kappa shape index (κ2) is 4.53. The molecule has 1 aromatic carbocycles. The van der Waals surface area contributed by atoms with Gasteiger partial charge < -0.3 is 10.3 Å². The van der Waals surface area contributed by atoms with Crippen LogP contribution in [-0.4, -0.2) is 11.0 Å². The molecule has 2 atom stereocenters. The Morgan fingerprint density at radius 3 is 3.06 bits per heavy atom. The van der Waals surface area contributed by atoms with E-state index in [4.69, 9.17) is 0 Å². The lowest BCUT2D eigenvalue weighted by Crippen LogP contribution is -2.30. The standard InChI is InChI=1S/C15H20N2/c1-11-3-2-4-14(11)17-10-12-5-6-15-13(9-12)7-8-16-15/h5-9,11,14,16-17H,2-4,10H2,1H3. The van der Waals surface area contributed by atoms with Crippen molar-refractivity contribution in [1.29, 1.82) is 0 Å². The molecule has 0 amide bonds. The SMILES string of the molecule is CC1CCCC1NCc1ccc2[nH]ccc2c1. The van der Waals surface area contributed by atoms with E-state index in [0.717, 1.165) is 18.5 Å². The van der Waals surface area contributed by atoms with Gasteiger partial charge in [0.15, 0.2) is 0 Å². The zero-order valence-corrected chi connectivity index (χ0v) is 10.4. The smallest absolute Gasteiger partial charge is 0.0454 e. The van der Waals surface area contributed by atoms with Gasteiger partial charge in [-0.15, -0.1) is 0 Å². The zero-order valence-electron chi connectivity index (χ0n) is 10.4. The number of aromatic amines is 1. The predicted octanol–water partition coefficient (Wildman–Crippen LogP) is 3.45. The third kappa shape index (κ3) is 2.22. The normalized spacial score (nSPS) is 24.5. The Kier molecular flexibility index (Phi) is 2.89. The van der Waals surface area contributed by atoms with Crippen molar-refractivity contribution in [3.05, 3.63) is 36.0 Å². The first-order valence-electron chi connectivity index (χ1n) is 6.62. The van der Waals surface area contributed by atoms with Crippen LogP contribution >= 0.6 is 0 Å². The molecule has 0 bridgehead atoms. The molecule has 0 spiro atoms. The Morgan fingerprint density at radius 1 is 1.29 bits per heavy atom. The molecule has 90 valence electrons. The molecule has 0 aliphatic heterocycles. The van der Waals surface area contributed by atoms with Crippen LogP contribution in [0.25, 0.3) is 10.9 Å². The summed E-state index contributed by atoms with van der Waals surface area (Å²) in [6.07, 6.45) is 6.11. The van der Waals surface area contributed by atoms with Gasteiger partial charge in [-0.05, 0) is 47.9 Å². The highest BCUT2D eigenvalue weighted by atomic mass is 14.9. The average molecular weight is 228 g/mol. The summed E-state index contributed by atoms with van der Waals surface area (Å²) < 4.78 is 0. The summed E-state index contributed by atoms with van der Waals surface area (Å²) in [4.78, 5) is 3.23. The molecule has 1 aliphatic carbocycles. The number of hydrogen-bond donors (Lipinski definition) is 2. The predicted molar refractivity (Wildman–Crippen MR) is 71.9 cm³/mol. The molecule has 0 radical (unpaired) electrons. The quantitative estimate of drug-likeness (QED) is 0.827. The van der Waals surface area contributed by atoms with Gasteiger partial charge >= 0.3 is 0 Å². The molecule has 2 heteroatoms. The van der Waals surface area contributed by atoms with Crippen LogP contribution in [0.5, 0.6) is 0 Å². The number of benzene rings is 1. The van der Waals surface area contributed by atoms with Gasteiger partial charge in [0.1, 0.15) is 0 Å². The van der Waals surface area contributed by atoms with Crippen molar-refractivity contribution < 1.29 is 0 Å². The van der Waals surface area contributed by atoms with E-state index in [1.165, 1.54) is 35.7 Å². The van der Waals surface area contributed by atoms with Crippen LogP contribution in [0.1, 0.15) is 31.7 Å². The number of rotatable bonds is 3. The third-order valence-electron chi connectivity index (χ3n) is 4.05. The molecule has 1 heterocycles. The highest BCUT2D eigenvalue weighted by molar-refractivity contribution is 5.79. The molecule has 3 rings (SSSR count). The van der Waals surface area contributed by atoms with Gasteiger partial charge in [0.25, 0.3) is 0 Å². The Morgan fingerprint density at radius 2 is 2.24 bits per heavy atom. The maximum absolute atomic E-state index is 3.69. The maximum Gasteiger partial charge on any atom is 0.0454 e. The van der Waals surface area contributed by atoms with Crippen molar-refractivity contribution in [2.24, 2.45) is 5.92 Å². The molecule has 2 N–H and O–H groups in total. The molecule has 1 fully saturated rings. The summed E-state index contributed by atoms with van der Waals surface area (Å²) in [7, 11) is 0. The molecule has 17 heavy (non-hydrogen) atoms. The summed E-state index contributed by atoms with van der Waals surface area (Å²) >= 11 is 0. The van der Waals surface area contributed by atoms with Gasteiger partial charge in [0.2, 0.25) is 0 Å². The van der Waals surface area contributed by atoms with Crippen LogP contribution in [0.4, 0.5) is 0 Å². The van der Waals surface area contributed by atoms with E-state index >= 15 is 0 Å². The van der Waals surface area contributed by atoms with Gasteiger partial charge in [-0.1, -0.05) is 19.4 Å². The Hall–Kier alpha value is -1.28. The van der Waals surface area contributed by atoms with E-state index in [1.54, 1.807) is 0 Å². The summed E-state index contributed by atoms with van der Waals surface area (Å²) in [5, 5.41) is 5.00. The molecule has 2 nitrogen and oxygen atoms in total. The van der Waals surface area contributed by atoms with Crippen LogP contribution < -0.4 is 5.32 Å². The van der Waals surface area contributed by atoms with Crippen LogP contribution in [0.3, 0.4) is 0 Å². The number of hydrogen-bond acceptors (Lipinski definition) is 1. The minimum absolute atomic E-state index is 0.719. The topological polar surface area (TPSA) is 27.8 Å². The first-order valence-corrected chi connectivity index (χ1v) is 6.62. The molecule has 2 unspecified atom stereocenters. The fourth-order valence-electron chi connectivity index (χ4n) is 2.91. The van der Waals surface area contributed by atoms with Gasteiger partial charge in [0.05, 0.1) is 0 Å². The van der Waals surface area contributed by atoms with Gasteiger partial charge in [-0.25, -0.2) is 0 Å². The summed E-state index contributed by atoms with van der Waals surface area (Å²) in [6.45, 7) is 3.36. The fraction of sp³-hybridized carbons (Fsp3) is 0.467. The monoisotopic (exact) mass is 228 g/mol. The second-order valence-corrected chi connectivity index (χ2v) is 5.29. The molecular weight excluding hydrogens is 208 g/mol. The summed E-state index contributed by atoms with van der Waals surface area (Å²) in [6, 6.07) is 9.52.